The standard InChI is InChI=1S/C63H90N6O18/c1-60(2,3)84-55(72)65-26-21-30-67(56(73)85-61(4,5)6)27-18-19-28-68(57(74)86-62(7,8)9)31-22-32-69(58(75)87-63(10,11)12)29-20-25-64-54(71)66-51-43-36-46-45(81-39-82-46)35-42(43)49(50-44(51)38-79-53(50)70)41-33-47(77-13)52(48(34-41)78-14)83-59(76)80-37-40-23-16-15-17-24-40/h15-17,23-24,33-36,44,49-51H,18-22,25-32,37-39H2,1-14H3,(H,65,72)(H2,64,66,71)/t44-,49?,50-,51+/m0/s1. The topological polar surface area (TPSA) is 267 Å². The fourth-order valence-electron chi connectivity index (χ4n) is 10.1. The van der Waals surface area contributed by atoms with Gasteiger partial charge in [0.2, 0.25) is 12.5 Å². The lowest BCUT2D eigenvalue weighted by Gasteiger charge is -2.39. The van der Waals surface area contributed by atoms with Crippen LogP contribution in [0.1, 0.15) is 149 Å². The third-order valence-corrected chi connectivity index (χ3v) is 13.8. The van der Waals surface area contributed by atoms with Crippen LogP contribution in [-0.4, -0.2) is 160 Å². The van der Waals surface area contributed by atoms with Gasteiger partial charge in [0.05, 0.1) is 32.8 Å². The van der Waals surface area contributed by atoms with E-state index < -0.39 is 88.7 Å². The molecule has 87 heavy (non-hydrogen) atoms. The summed E-state index contributed by atoms with van der Waals surface area (Å²) in [6.07, 6.45) is -0.978. The molecular formula is C63H90N6O18. The molecule has 1 aliphatic carbocycles. The van der Waals surface area contributed by atoms with Gasteiger partial charge in [0.15, 0.2) is 23.0 Å². The Bertz CT molecular complexity index is 2830. The Balaban J connectivity index is 1.10. The van der Waals surface area contributed by atoms with Gasteiger partial charge < -0.3 is 82.8 Å². The van der Waals surface area contributed by atoms with E-state index in [1.54, 1.807) is 122 Å². The van der Waals surface area contributed by atoms with Crippen LogP contribution in [0.4, 0.5) is 28.8 Å². The van der Waals surface area contributed by atoms with Gasteiger partial charge in [-0.3, -0.25) is 4.79 Å². The summed E-state index contributed by atoms with van der Waals surface area (Å²) in [6.45, 7) is 23.2. The Labute approximate surface area is 510 Å². The molecule has 3 N–H and O–H groups in total. The molecule has 0 saturated carbocycles. The van der Waals surface area contributed by atoms with Crippen molar-refractivity contribution >= 4 is 42.5 Å². The first-order valence-corrected chi connectivity index (χ1v) is 29.6. The Hall–Kier alpha value is -8.05. The highest BCUT2D eigenvalue weighted by Gasteiger charge is 2.53. The SMILES string of the molecule is COc1cc(C2c3cc4c(cc3[C@@H](NC(=O)NCCCN(CCCN(CCCCN(CCCNC(=O)OC(C)(C)C)C(=O)OC(C)(C)C)C(=O)OC(C)(C)C)C(=O)OC(C)(C)C)[C@H]3COC(=O)[C@H]23)OCO4)cc(OC)c1OC(=O)OCc1ccccc1. The summed E-state index contributed by atoms with van der Waals surface area (Å²) in [5.74, 6) is -1.43. The van der Waals surface area contributed by atoms with E-state index in [1.807, 2.05) is 30.3 Å². The molecule has 6 rings (SSSR count). The molecule has 6 amide bonds. The molecule has 0 radical (unpaired) electrons. The van der Waals surface area contributed by atoms with Crippen LogP contribution in [0.15, 0.2) is 54.6 Å². The molecule has 24 heteroatoms. The number of methoxy groups -OCH3 is 2. The van der Waals surface area contributed by atoms with E-state index in [0.29, 0.717) is 79.9 Å². The first-order valence-electron chi connectivity index (χ1n) is 29.6. The largest absolute Gasteiger partial charge is 0.514 e. The van der Waals surface area contributed by atoms with Crippen molar-refractivity contribution < 1.29 is 85.7 Å². The molecule has 1 unspecified atom stereocenters. The molecule has 1 fully saturated rings. The molecule has 0 bridgehead atoms. The minimum absolute atomic E-state index is 0.0114. The second-order valence-corrected chi connectivity index (χ2v) is 25.5. The van der Waals surface area contributed by atoms with Crippen molar-refractivity contribution in [2.75, 3.05) is 80.0 Å². The quantitative estimate of drug-likeness (QED) is 0.0326. The molecular weight excluding hydrogens is 1130 g/mol. The zero-order valence-corrected chi connectivity index (χ0v) is 53.0. The average molecular weight is 1220 g/mol. The second-order valence-electron chi connectivity index (χ2n) is 25.5. The van der Waals surface area contributed by atoms with Gasteiger partial charge in [0.25, 0.3) is 0 Å². The monoisotopic (exact) mass is 1220 g/mol. The average Bonchev–Trinajstić information content (AvgIpc) is 1.71. The van der Waals surface area contributed by atoms with E-state index >= 15 is 0 Å². The fourth-order valence-corrected chi connectivity index (χ4v) is 10.1. The molecule has 0 spiro atoms. The lowest BCUT2D eigenvalue weighted by atomic mass is 9.65. The minimum Gasteiger partial charge on any atom is -0.493 e. The van der Waals surface area contributed by atoms with Crippen molar-refractivity contribution in [1.29, 1.82) is 0 Å². The Morgan fingerprint density at radius 2 is 1.05 bits per heavy atom. The molecule has 24 nitrogen and oxygen atoms in total. The molecule has 480 valence electrons. The predicted octanol–water partition coefficient (Wildman–Crippen LogP) is 10.6. The maximum absolute atomic E-state index is 14.0. The van der Waals surface area contributed by atoms with Gasteiger partial charge in [0.1, 0.15) is 29.0 Å². The van der Waals surface area contributed by atoms with Crippen LogP contribution in [0.3, 0.4) is 0 Å². The number of carbonyl (C=O) groups is 7. The maximum Gasteiger partial charge on any atom is 0.514 e. The zero-order valence-electron chi connectivity index (χ0n) is 53.0. The highest BCUT2D eigenvalue weighted by molar-refractivity contribution is 5.81. The van der Waals surface area contributed by atoms with Crippen LogP contribution >= 0.6 is 0 Å². The van der Waals surface area contributed by atoms with Gasteiger partial charge in [0, 0.05) is 64.2 Å². The summed E-state index contributed by atoms with van der Waals surface area (Å²) < 4.78 is 62.6. The number of benzene rings is 3. The molecule has 0 aromatic heterocycles. The Kier molecular flexibility index (Phi) is 23.5. The third kappa shape index (κ3) is 20.8. The summed E-state index contributed by atoms with van der Waals surface area (Å²) in [6, 6.07) is 14.8. The lowest BCUT2D eigenvalue weighted by molar-refractivity contribution is -0.141. The molecule has 3 aliphatic rings. The summed E-state index contributed by atoms with van der Waals surface area (Å²) in [7, 11) is 2.82. The van der Waals surface area contributed by atoms with Gasteiger partial charge >= 0.3 is 42.5 Å². The molecule has 3 aromatic rings. The van der Waals surface area contributed by atoms with Crippen LogP contribution < -0.4 is 39.6 Å². The van der Waals surface area contributed by atoms with Crippen molar-refractivity contribution in [1.82, 2.24) is 30.7 Å². The highest BCUT2D eigenvalue weighted by Crippen LogP contribution is 2.55. The number of nitrogens with zero attached hydrogens (tertiary/aromatic N) is 3. The van der Waals surface area contributed by atoms with Crippen LogP contribution in [-0.2, 0) is 39.8 Å². The Morgan fingerprint density at radius 1 is 0.575 bits per heavy atom. The summed E-state index contributed by atoms with van der Waals surface area (Å²) >= 11 is 0. The van der Waals surface area contributed by atoms with E-state index in [9.17, 15) is 33.6 Å². The van der Waals surface area contributed by atoms with E-state index in [1.165, 1.54) is 14.2 Å². The van der Waals surface area contributed by atoms with Gasteiger partial charge in [-0.2, -0.15) is 0 Å². The number of esters is 1. The number of unbranched alkanes of at least 4 members (excludes halogenated alkanes) is 1. The van der Waals surface area contributed by atoms with Gasteiger partial charge in [-0.25, -0.2) is 28.8 Å². The number of fused-ring (bicyclic) bond motifs is 3. The van der Waals surface area contributed by atoms with Crippen molar-refractivity contribution in [3.8, 4) is 28.7 Å². The molecule has 2 heterocycles. The van der Waals surface area contributed by atoms with Crippen LogP contribution in [0, 0.1) is 11.8 Å². The predicted molar refractivity (Wildman–Crippen MR) is 319 cm³/mol. The summed E-state index contributed by atoms with van der Waals surface area (Å²) in [5, 5.41) is 8.77. The van der Waals surface area contributed by atoms with Crippen LogP contribution in [0.2, 0.25) is 0 Å². The number of ether oxygens (including phenoxy) is 11. The number of alkyl carbamates (subject to hydrolysis) is 1. The zero-order chi connectivity index (χ0) is 63.9. The number of nitrogens with one attached hydrogen (secondary N) is 3. The normalized spacial score (nSPS) is 16.8. The number of rotatable bonds is 24. The van der Waals surface area contributed by atoms with Crippen LogP contribution in [0.25, 0.3) is 0 Å². The first kappa shape index (κ1) is 68.1. The highest BCUT2D eigenvalue weighted by atomic mass is 16.7. The van der Waals surface area contributed by atoms with Gasteiger partial charge in [-0.05, 0) is 162 Å². The van der Waals surface area contributed by atoms with Crippen molar-refractivity contribution in [3.05, 3.63) is 76.9 Å². The van der Waals surface area contributed by atoms with Crippen molar-refractivity contribution in [3.63, 3.8) is 0 Å². The smallest absolute Gasteiger partial charge is 0.493 e. The second kappa shape index (κ2) is 30.0. The fraction of sp³-hybridized carbons (Fsp3) is 0.603. The molecule has 3 aromatic carbocycles. The lowest BCUT2D eigenvalue weighted by Crippen LogP contribution is -2.46. The number of amides is 6. The van der Waals surface area contributed by atoms with Gasteiger partial charge in [-0.15, -0.1) is 0 Å². The van der Waals surface area contributed by atoms with E-state index in [4.69, 9.17) is 52.1 Å². The molecule has 4 atom stereocenters. The molecule has 2 aliphatic heterocycles. The third-order valence-electron chi connectivity index (χ3n) is 13.8. The van der Waals surface area contributed by atoms with E-state index in [0.717, 1.165) is 5.56 Å². The minimum atomic E-state index is -0.987. The number of urea groups is 1. The van der Waals surface area contributed by atoms with Crippen molar-refractivity contribution in [2.24, 2.45) is 11.8 Å². The van der Waals surface area contributed by atoms with Crippen LogP contribution in [0.5, 0.6) is 28.7 Å². The molecule has 1 saturated heterocycles. The number of hydrogen-bond donors (Lipinski definition) is 3. The summed E-state index contributed by atoms with van der Waals surface area (Å²) in [4.78, 5) is 98.6. The first-order chi connectivity index (χ1) is 40.9. The maximum atomic E-state index is 14.0. The number of carbonyl (C=O) groups excluding carboxylic acids is 7. The van der Waals surface area contributed by atoms with Gasteiger partial charge in [-0.1, -0.05) is 30.3 Å². The summed E-state index contributed by atoms with van der Waals surface area (Å²) in [5.41, 5.74) is -0.362. The number of hydrogen-bond acceptors (Lipinski definition) is 18. The van der Waals surface area contributed by atoms with Crippen molar-refractivity contribution in [2.45, 2.75) is 156 Å². The Morgan fingerprint density at radius 3 is 1.54 bits per heavy atom. The van der Waals surface area contributed by atoms with E-state index in [2.05, 4.69) is 16.0 Å². The van der Waals surface area contributed by atoms with E-state index in [-0.39, 0.29) is 70.0 Å². The number of cyclic esters (lactones) is 1.